The highest BCUT2D eigenvalue weighted by Crippen LogP contribution is 1.97. The molecule has 17 heavy (non-hydrogen) atoms. The van der Waals surface area contributed by atoms with Crippen molar-refractivity contribution in [3.8, 4) is 0 Å². The molecular weight excluding hydrogens is 224 g/mol. The number of nitrogens with two attached hydrogens (primary N) is 1. The van der Waals surface area contributed by atoms with Gasteiger partial charge in [0.2, 0.25) is 5.91 Å². The molecule has 0 aromatic rings. The molecular formula is C11H20N2O4. The predicted molar refractivity (Wildman–Crippen MR) is 62.4 cm³/mol. The zero-order valence-corrected chi connectivity index (χ0v) is 9.91. The van der Waals surface area contributed by atoms with E-state index in [1.165, 1.54) is 0 Å². The normalized spacial score (nSPS) is 10.1. The fourth-order valence-corrected chi connectivity index (χ4v) is 1.29. The van der Waals surface area contributed by atoms with Gasteiger partial charge in [-0.3, -0.25) is 14.4 Å². The van der Waals surface area contributed by atoms with Crippen LogP contribution in [-0.2, 0) is 14.4 Å². The Balaban J connectivity index is 3.24. The van der Waals surface area contributed by atoms with E-state index < -0.39 is 5.97 Å². The average Bonchev–Trinajstić information content (AvgIpc) is 2.24. The molecule has 0 saturated heterocycles. The highest BCUT2D eigenvalue weighted by atomic mass is 16.4. The molecule has 0 bridgehead atoms. The monoisotopic (exact) mass is 244 g/mol. The lowest BCUT2D eigenvalue weighted by Gasteiger charge is -2.03. The zero-order valence-electron chi connectivity index (χ0n) is 9.91. The van der Waals surface area contributed by atoms with Gasteiger partial charge in [-0.1, -0.05) is 6.42 Å². The van der Waals surface area contributed by atoms with Gasteiger partial charge >= 0.3 is 5.97 Å². The Labute approximate surface area is 101 Å². The summed E-state index contributed by atoms with van der Waals surface area (Å²) in [6, 6.07) is 0. The Bertz CT molecular complexity index is 266. The number of nitrogens with one attached hydrogen (secondary N) is 1. The zero-order chi connectivity index (χ0) is 13.1. The van der Waals surface area contributed by atoms with E-state index in [9.17, 15) is 14.4 Å². The summed E-state index contributed by atoms with van der Waals surface area (Å²) < 4.78 is 0. The number of amides is 1. The van der Waals surface area contributed by atoms with E-state index in [0.29, 0.717) is 13.0 Å². The fraction of sp³-hybridized carbons (Fsp3) is 0.727. The molecule has 0 saturated carbocycles. The SMILES string of the molecule is NC(=O)CCCCCNCC(=O)CCC(=O)O. The number of Topliss-reactive ketones (excluding diaryl/α,β-unsaturated/α-hetero) is 1. The number of carboxylic acids is 1. The van der Waals surface area contributed by atoms with Gasteiger partial charge in [-0.2, -0.15) is 0 Å². The third-order valence-corrected chi connectivity index (χ3v) is 2.22. The maximum Gasteiger partial charge on any atom is 0.303 e. The minimum atomic E-state index is -0.954. The molecule has 0 spiro atoms. The van der Waals surface area contributed by atoms with Crippen LogP contribution in [0.4, 0.5) is 0 Å². The number of aliphatic carboxylic acids is 1. The van der Waals surface area contributed by atoms with Crippen LogP contribution in [0, 0.1) is 0 Å². The number of carboxylic acid groups (broad SMARTS) is 1. The van der Waals surface area contributed by atoms with Crippen LogP contribution in [0.15, 0.2) is 0 Å². The average molecular weight is 244 g/mol. The van der Waals surface area contributed by atoms with Gasteiger partial charge in [0.25, 0.3) is 0 Å². The molecule has 98 valence electrons. The minimum absolute atomic E-state index is 0.0734. The quantitative estimate of drug-likeness (QED) is 0.445. The molecule has 0 aliphatic rings. The van der Waals surface area contributed by atoms with E-state index >= 15 is 0 Å². The lowest BCUT2D eigenvalue weighted by molar-refractivity contribution is -0.138. The van der Waals surface area contributed by atoms with Crippen molar-refractivity contribution in [3.63, 3.8) is 0 Å². The topological polar surface area (TPSA) is 109 Å². The van der Waals surface area contributed by atoms with E-state index in [1.807, 2.05) is 0 Å². The summed E-state index contributed by atoms with van der Waals surface area (Å²) in [4.78, 5) is 31.8. The number of carbonyl (C=O) groups excluding carboxylic acids is 2. The molecule has 0 aliphatic carbocycles. The highest BCUT2D eigenvalue weighted by molar-refractivity contribution is 5.83. The van der Waals surface area contributed by atoms with Gasteiger partial charge in [0, 0.05) is 12.8 Å². The summed E-state index contributed by atoms with van der Waals surface area (Å²) in [7, 11) is 0. The van der Waals surface area contributed by atoms with E-state index in [0.717, 1.165) is 19.3 Å². The highest BCUT2D eigenvalue weighted by Gasteiger charge is 2.04. The van der Waals surface area contributed by atoms with E-state index in [1.54, 1.807) is 0 Å². The second kappa shape index (κ2) is 9.77. The van der Waals surface area contributed by atoms with Crippen molar-refractivity contribution in [1.29, 1.82) is 0 Å². The Kier molecular flexibility index (Phi) is 8.95. The van der Waals surface area contributed by atoms with Crippen LogP contribution in [-0.4, -0.2) is 35.9 Å². The van der Waals surface area contributed by atoms with Crippen molar-refractivity contribution in [2.75, 3.05) is 13.1 Å². The number of rotatable bonds is 11. The van der Waals surface area contributed by atoms with Crippen molar-refractivity contribution >= 4 is 17.7 Å². The molecule has 0 aliphatic heterocycles. The minimum Gasteiger partial charge on any atom is -0.481 e. The van der Waals surface area contributed by atoms with Crippen LogP contribution >= 0.6 is 0 Å². The van der Waals surface area contributed by atoms with Crippen molar-refractivity contribution in [1.82, 2.24) is 5.32 Å². The van der Waals surface area contributed by atoms with E-state index in [-0.39, 0.29) is 31.1 Å². The van der Waals surface area contributed by atoms with Crippen molar-refractivity contribution in [2.45, 2.75) is 38.5 Å². The van der Waals surface area contributed by atoms with Gasteiger partial charge < -0.3 is 16.2 Å². The van der Waals surface area contributed by atoms with Crippen LogP contribution in [0.1, 0.15) is 38.5 Å². The summed E-state index contributed by atoms with van der Waals surface area (Å²) in [5.74, 6) is -1.34. The van der Waals surface area contributed by atoms with Crippen molar-refractivity contribution in [3.05, 3.63) is 0 Å². The second-order valence-corrected chi connectivity index (χ2v) is 3.89. The van der Waals surface area contributed by atoms with Gasteiger partial charge in [0.15, 0.2) is 0 Å². The number of hydrogen-bond acceptors (Lipinski definition) is 4. The molecule has 0 fully saturated rings. The molecule has 1 amide bonds. The Morgan fingerprint density at radius 2 is 1.71 bits per heavy atom. The third-order valence-electron chi connectivity index (χ3n) is 2.22. The van der Waals surface area contributed by atoms with E-state index in [2.05, 4.69) is 5.32 Å². The summed E-state index contributed by atoms with van der Waals surface area (Å²) in [6.07, 6.45) is 2.89. The first-order chi connectivity index (χ1) is 8.02. The third kappa shape index (κ3) is 12.5. The second-order valence-electron chi connectivity index (χ2n) is 3.89. The summed E-state index contributed by atoms with van der Waals surface area (Å²) in [6.45, 7) is 0.903. The number of primary amides is 1. The molecule has 0 rings (SSSR count). The molecule has 0 atom stereocenters. The standard InChI is InChI=1S/C11H20N2O4/c12-10(15)4-2-1-3-7-13-8-9(14)5-6-11(16)17/h13H,1-8H2,(H2,12,15)(H,16,17). The molecule has 6 nitrogen and oxygen atoms in total. The Morgan fingerprint density at radius 1 is 1.00 bits per heavy atom. The van der Waals surface area contributed by atoms with Crippen molar-refractivity contribution < 1.29 is 19.5 Å². The van der Waals surface area contributed by atoms with E-state index in [4.69, 9.17) is 10.8 Å². The molecule has 0 heterocycles. The van der Waals surface area contributed by atoms with Gasteiger partial charge in [0.05, 0.1) is 13.0 Å². The van der Waals surface area contributed by atoms with Crippen LogP contribution in [0.5, 0.6) is 0 Å². The molecule has 0 aromatic heterocycles. The van der Waals surface area contributed by atoms with Gasteiger partial charge in [-0.25, -0.2) is 0 Å². The first-order valence-electron chi connectivity index (χ1n) is 5.75. The number of hydrogen-bond donors (Lipinski definition) is 3. The maximum absolute atomic E-state index is 11.1. The van der Waals surface area contributed by atoms with Crippen LogP contribution < -0.4 is 11.1 Å². The summed E-state index contributed by atoms with van der Waals surface area (Å²) in [5.41, 5.74) is 4.98. The first-order valence-corrected chi connectivity index (χ1v) is 5.75. The Morgan fingerprint density at radius 3 is 2.29 bits per heavy atom. The lowest BCUT2D eigenvalue weighted by Crippen LogP contribution is -2.24. The van der Waals surface area contributed by atoms with Crippen molar-refractivity contribution in [2.24, 2.45) is 5.73 Å². The molecule has 6 heteroatoms. The van der Waals surface area contributed by atoms with Gasteiger partial charge in [-0.05, 0) is 19.4 Å². The summed E-state index contributed by atoms with van der Waals surface area (Å²) >= 11 is 0. The van der Waals surface area contributed by atoms with Gasteiger partial charge in [0.1, 0.15) is 5.78 Å². The fourth-order valence-electron chi connectivity index (χ4n) is 1.29. The van der Waals surface area contributed by atoms with Gasteiger partial charge in [-0.15, -0.1) is 0 Å². The first kappa shape index (κ1) is 15.6. The molecule has 0 radical (unpaired) electrons. The number of unbranched alkanes of at least 4 members (excludes halogenated alkanes) is 2. The number of ketones is 1. The number of carbonyl (C=O) groups is 3. The lowest BCUT2D eigenvalue weighted by atomic mass is 10.2. The van der Waals surface area contributed by atoms with Crippen LogP contribution in [0.25, 0.3) is 0 Å². The smallest absolute Gasteiger partial charge is 0.303 e. The molecule has 0 unspecified atom stereocenters. The molecule has 0 aromatic carbocycles. The maximum atomic E-state index is 11.1. The predicted octanol–water partition coefficient (Wildman–Crippen LogP) is 0.0556. The Hall–Kier alpha value is -1.43. The molecule has 4 N–H and O–H groups in total. The van der Waals surface area contributed by atoms with Crippen LogP contribution in [0.2, 0.25) is 0 Å². The summed E-state index contributed by atoms with van der Waals surface area (Å²) in [5, 5.41) is 11.3. The largest absolute Gasteiger partial charge is 0.481 e. The van der Waals surface area contributed by atoms with Crippen LogP contribution in [0.3, 0.4) is 0 Å².